The van der Waals surface area contributed by atoms with Gasteiger partial charge in [-0.05, 0) is 20.1 Å². The molecule has 0 aliphatic rings. The van der Waals surface area contributed by atoms with Crippen molar-refractivity contribution < 1.29 is 17.3 Å². The Labute approximate surface area is 131 Å². The van der Waals surface area contributed by atoms with Crippen LogP contribution in [0, 0.1) is 6.07 Å². The standard InChI is InChI=1S/C10H14N.C6H6.ClH.Ru/c1-9(11(2)3)10-7-5-4-6-8-10;1-2-4-6-5-3-1;;/h4-5,7-9H,1-3H3;1-6H;1H;/q-1;;;+2/p-1/t9-;;;/m1.../s1. The van der Waals surface area contributed by atoms with Crippen molar-refractivity contribution in [3.63, 3.8) is 0 Å². The zero-order valence-electron chi connectivity index (χ0n) is 11.5. The van der Waals surface area contributed by atoms with Crippen LogP contribution >= 0.6 is 9.69 Å². The Hall–Kier alpha value is -0.687. The van der Waals surface area contributed by atoms with E-state index in [-0.39, 0.29) is 0 Å². The molecule has 0 saturated heterocycles. The van der Waals surface area contributed by atoms with E-state index < -0.39 is 0 Å². The fourth-order valence-electron chi connectivity index (χ4n) is 1.35. The first kappa shape index (κ1) is 18.3. The summed E-state index contributed by atoms with van der Waals surface area (Å²) >= 11 is 1.82. The Morgan fingerprint density at radius 3 is 1.79 bits per heavy atom. The van der Waals surface area contributed by atoms with Gasteiger partial charge in [-0.25, -0.2) is 0 Å². The summed E-state index contributed by atoms with van der Waals surface area (Å²) in [6, 6.07) is 23.7. The second-order valence-electron chi connectivity index (χ2n) is 4.13. The minimum Gasteiger partial charge on any atom is -0.0623 e. The molecule has 0 aliphatic heterocycles. The Morgan fingerprint density at radius 1 is 1.00 bits per heavy atom. The average molecular weight is 363 g/mol. The van der Waals surface area contributed by atoms with Crippen molar-refractivity contribution in [2.24, 2.45) is 0 Å². The quantitative estimate of drug-likeness (QED) is 0.562. The van der Waals surface area contributed by atoms with E-state index in [1.807, 2.05) is 71.9 Å². The molecule has 0 aromatic heterocycles. The summed E-state index contributed by atoms with van der Waals surface area (Å²) in [7, 11) is 8.73. The van der Waals surface area contributed by atoms with E-state index in [0.29, 0.717) is 6.04 Å². The van der Waals surface area contributed by atoms with Crippen LogP contribution in [-0.4, -0.2) is 19.0 Å². The molecule has 1 atom stereocenters. The zero-order chi connectivity index (χ0) is 14.5. The smallest absolute Gasteiger partial charge is 0.0623 e. The van der Waals surface area contributed by atoms with Gasteiger partial charge in [0, 0.05) is 0 Å². The van der Waals surface area contributed by atoms with Crippen LogP contribution in [0.5, 0.6) is 0 Å². The first-order chi connectivity index (χ1) is 9.22. The van der Waals surface area contributed by atoms with Gasteiger partial charge in [-0.1, -0.05) is 43.3 Å². The van der Waals surface area contributed by atoms with E-state index >= 15 is 0 Å². The minimum atomic E-state index is 0.479. The molecule has 2 rings (SSSR count). The maximum absolute atomic E-state index is 4.57. The van der Waals surface area contributed by atoms with Crippen molar-refractivity contribution in [2.45, 2.75) is 13.0 Å². The third kappa shape index (κ3) is 8.94. The molecule has 0 unspecified atom stereocenters. The van der Waals surface area contributed by atoms with Gasteiger partial charge in [0.15, 0.2) is 0 Å². The summed E-state index contributed by atoms with van der Waals surface area (Å²) < 4.78 is 0. The Balaban J connectivity index is 0.000000341. The molecule has 0 heterocycles. The van der Waals surface area contributed by atoms with Gasteiger partial charge in [-0.15, -0.1) is 5.56 Å². The van der Waals surface area contributed by atoms with Gasteiger partial charge in [0.1, 0.15) is 0 Å². The molecule has 19 heavy (non-hydrogen) atoms. The number of benzene rings is 2. The number of hydrogen-bond acceptors (Lipinski definition) is 1. The summed E-state index contributed by atoms with van der Waals surface area (Å²) in [5, 5.41) is 0. The first-order valence-electron chi connectivity index (χ1n) is 5.97. The fourth-order valence-corrected chi connectivity index (χ4v) is 1.35. The van der Waals surface area contributed by atoms with Gasteiger partial charge >= 0.3 is 27.0 Å². The van der Waals surface area contributed by atoms with Gasteiger partial charge < -0.3 is 4.90 Å². The number of nitrogens with zero attached hydrogens (tertiary/aromatic N) is 1. The largest absolute Gasteiger partial charge is 0.0623 e. The van der Waals surface area contributed by atoms with Crippen molar-refractivity contribution in [1.82, 2.24) is 4.90 Å². The van der Waals surface area contributed by atoms with E-state index in [1.165, 1.54) is 5.56 Å². The molecule has 0 N–H and O–H groups in total. The van der Waals surface area contributed by atoms with Gasteiger partial charge in [-0.3, -0.25) is 0 Å². The summed E-state index contributed by atoms with van der Waals surface area (Å²) in [6.07, 6.45) is 0. The van der Waals surface area contributed by atoms with E-state index in [4.69, 9.17) is 0 Å². The maximum Gasteiger partial charge on any atom is -0.0623 e. The van der Waals surface area contributed by atoms with Gasteiger partial charge in [0.2, 0.25) is 0 Å². The molecule has 2 aromatic carbocycles. The SMILES string of the molecule is C[C@H](c1c[c-]ccc1)N(C)C.[Cl][Ru+].c1ccccc1. The second kappa shape index (κ2) is 12.4. The molecule has 0 radical (unpaired) electrons. The number of rotatable bonds is 2. The van der Waals surface area contributed by atoms with Gasteiger partial charge in [-0.2, -0.15) is 30.3 Å². The van der Waals surface area contributed by atoms with Gasteiger partial charge in [0.05, 0.1) is 0 Å². The Morgan fingerprint density at radius 2 is 1.47 bits per heavy atom. The van der Waals surface area contributed by atoms with Crippen LogP contribution < -0.4 is 0 Å². The summed E-state index contributed by atoms with van der Waals surface area (Å²) in [5.41, 5.74) is 1.32. The first-order valence-corrected chi connectivity index (χ1v) is 8.21. The fraction of sp³-hybridized carbons (Fsp3) is 0.250. The maximum atomic E-state index is 4.57. The minimum absolute atomic E-state index is 0.479. The molecule has 1 nitrogen and oxygen atoms in total. The van der Waals surface area contributed by atoms with Crippen LogP contribution in [0.3, 0.4) is 0 Å². The molecular weight excluding hydrogens is 343 g/mol. The summed E-state index contributed by atoms with van der Waals surface area (Å²) in [5.74, 6) is 0. The topological polar surface area (TPSA) is 3.24 Å². The van der Waals surface area contributed by atoms with Gasteiger partial charge in [0.25, 0.3) is 0 Å². The molecule has 2 aromatic rings. The Kier molecular flexibility index (Phi) is 11.9. The molecule has 104 valence electrons. The monoisotopic (exact) mass is 363 g/mol. The van der Waals surface area contributed by atoms with Crippen LogP contribution in [0.1, 0.15) is 18.5 Å². The van der Waals surface area contributed by atoms with E-state index in [0.717, 1.165) is 0 Å². The molecule has 0 aliphatic carbocycles. The van der Waals surface area contributed by atoms with E-state index in [9.17, 15) is 0 Å². The van der Waals surface area contributed by atoms with Crippen molar-refractivity contribution in [3.05, 3.63) is 72.3 Å². The molecule has 0 spiro atoms. The third-order valence-corrected chi connectivity index (χ3v) is 2.65. The summed E-state index contributed by atoms with van der Waals surface area (Å²) in [6.45, 7) is 2.18. The predicted octanol–water partition coefficient (Wildman–Crippen LogP) is 4.48. The van der Waals surface area contributed by atoms with E-state index in [1.54, 1.807) is 0 Å². The zero-order valence-corrected chi connectivity index (χ0v) is 14.0. The normalized spacial score (nSPS) is 10.6. The molecule has 0 saturated carbocycles. The Bertz CT molecular complexity index is 365. The number of halogens is 1. The van der Waals surface area contributed by atoms with Crippen LogP contribution in [0.15, 0.2) is 60.7 Å². The van der Waals surface area contributed by atoms with Crippen molar-refractivity contribution >= 4 is 9.69 Å². The molecule has 0 bridgehead atoms. The predicted molar refractivity (Wildman–Crippen MR) is 79.7 cm³/mol. The van der Waals surface area contributed by atoms with Crippen molar-refractivity contribution in [2.75, 3.05) is 14.1 Å². The molecule has 3 heteroatoms. The summed E-state index contributed by atoms with van der Waals surface area (Å²) in [4.78, 5) is 2.18. The number of hydrogen-bond donors (Lipinski definition) is 0. The van der Waals surface area contributed by atoms with Crippen LogP contribution in [0.25, 0.3) is 0 Å². The third-order valence-electron chi connectivity index (χ3n) is 2.65. The van der Waals surface area contributed by atoms with Crippen molar-refractivity contribution in [3.8, 4) is 0 Å². The van der Waals surface area contributed by atoms with Crippen molar-refractivity contribution in [1.29, 1.82) is 0 Å². The van der Waals surface area contributed by atoms with Crippen LogP contribution in [0.2, 0.25) is 0 Å². The van der Waals surface area contributed by atoms with E-state index in [2.05, 4.69) is 47.7 Å². The second-order valence-corrected chi connectivity index (χ2v) is 4.13. The average Bonchev–Trinajstić information content (AvgIpc) is 2.51. The van der Waals surface area contributed by atoms with Crippen LogP contribution in [-0.2, 0) is 17.3 Å². The van der Waals surface area contributed by atoms with Crippen LogP contribution in [0.4, 0.5) is 0 Å². The molecular formula is C16H20ClNRu. The molecule has 0 fully saturated rings. The molecule has 0 amide bonds.